The van der Waals surface area contributed by atoms with Crippen LogP contribution in [0.2, 0.25) is 0 Å². The van der Waals surface area contributed by atoms with E-state index in [1.807, 2.05) is 31.2 Å². The Morgan fingerprint density at radius 1 is 1.47 bits per heavy atom. The summed E-state index contributed by atoms with van der Waals surface area (Å²) >= 11 is 0. The van der Waals surface area contributed by atoms with Crippen LogP contribution in [-0.4, -0.2) is 23.9 Å². The van der Waals surface area contributed by atoms with E-state index in [0.717, 1.165) is 17.7 Å². The average Bonchev–Trinajstić information content (AvgIpc) is 2.35. The van der Waals surface area contributed by atoms with Crippen LogP contribution < -0.4 is 9.47 Å². The number of fused-ring (bicyclic) bond motifs is 1. The number of benzene rings is 1. The highest BCUT2D eigenvalue weighted by molar-refractivity contribution is 5.40. The number of hydrogen-bond acceptors (Lipinski definition) is 3. The van der Waals surface area contributed by atoms with E-state index in [1.54, 1.807) is 0 Å². The van der Waals surface area contributed by atoms with Gasteiger partial charge in [0.25, 0.3) is 0 Å². The molecule has 2 atom stereocenters. The van der Waals surface area contributed by atoms with Crippen LogP contribution in [0.1, 0.15) is 19.8 Å². The number of para-hydroxylation sites is 2. The highest BCUT2D eigenvalue weighted by atomic mass is 16.6. The van der Waals surface area contributed by atoms with Gasteiger partial charge in [0.15, 0.2) is 17.6 Å². The predicted octanol–water partition coefficient (Wildman–Crippen LogP) is 2.54. The molecule has 1 aromatic carbocycles. The zero-order valence-electron chi connectivity index (χ0n) is 10.1. The summed E-state index contributed by atoms with van der Waals surface area (Å²) in [5.41, 5.74) is 1.07. The van der Waals surface area contributed by atoms with Crippen molar-refractivity contribution in [3.63, 3.8) is 0 Å². The SMILES string of the molecule is C=C(C)CCC(O)C1COc2ccccc2O1. The molecule has 17 heavy (non-hydrogen) atoms. The molecule has 1 aliphatic heterocycles. The summed E-state index contributed by atoms with van der Waals surface area (Å²) in [5.74, 6) is 1.45. The van der Waals surface area contributed by atoms with E-state index in [2.05, 4.69) is 6.58 Å². The third-order valence-corrected chi connectivity index (χ3v) is 2.83. The zero-order valence-corrected chi connectivity index (χ0v) is 10.1. The summed E-state index contributed by atoms with van der Waals surface area (Å²) in [7, 11) is 0. The van der Waals surface area contributed by atoms with E-state index in [9.17, 15) is 5.11 Å². The topological polar surface area (TPSA) is 38.7 Å². The van der Waals surface area contributed by atoms with E-state index >= 15 is 0 Å². The zero-order chi connectivity index (χ0) is 12.3. The predicted molar refractivity (Wildman–Crippen MR) is 66.4 cm³/mol. The molecule has 3 nitrogen and oxygen atoms in total. The first-order valence-corrected chi connectivity index (χ1v) is 5.88. The van der Waals surface area contributed by atoms with Crippen LogP contribution in [-0.2, 0) is 0 Å². The molecule has 0 radical (unpaired) electrons. The molecular formula is C14H18O3. The Hall–Kier alpha value is -1.48. The van der Waals surface area contributed by atoms with Gasteiger partial charge in [-0.2, -0.15) is 0 Å². The maximum Gasteiger partial charge on any atom is 0.161 e. The molecule has 1 N–H and O–H groups in total. The Morgan fingerprint density at radius 2 is 2.18 bits per heavy atom. The Labute approximate surface area is 102 Å². The molecule has 0 aliphatic carbocycles. The molecule has 92 valence electrons. The molecule has 3 heteroatoms. The molecule has 1 aliphatic rings. The van der Waals surface area contributed by atoms with Crippen molar-refractivity contribution < 1.29 is 14.6 Å². The molecule has 0 aromatic heterocycles. The van der Waals surface area contributed by atoms with Crippen molar-refractivity contribution in [2.24, 2.45) is 0 Å². The van der Waals surface area contributed by atoms with Gasteiger partial charge in [-0.3, -0.25) is 0 Å². The van der Waals surface area contributed by atoms with Gasteiger partial charge in [0.05, 0.1) is 6.10 Å². The van der Waals surface area contributed by atoms with Crippen molar-refractivity contribution in [2.75, 3.05) is 6.61 Å². The van der Waals surface area contributed by atoms with Crippen molar-refractivity contribution in [3.8, 4) is 11.5 Å². The summed E-state index contributed by atoms with van der Waals surface area (Å²) in [6, 6.07) is 7.52. The molecule has 2 rings (SSSR count). The maximum atomic E-state index is 10.0. The van der Waals surface area contributed by atoms with Crippen LogP contribution in [0.25, 0.3) is 0 Å². The summed E-state index contributed by atoms with van der Waals surface area (Å²) in [4.78, 5) is 0. The van der Waals surface area contributed by atoms with Crippen LogP contribution in [0.15, 0.2) is 36.4 Å². The van der Waals surface area contributed by atoms with Gasteiger partial charge in [-0.15, -0.1) is 6.58 Å². The number of rotatable bonds is 4. The van der Waals surface area contributed by atoms with Gasteiger partial charge in [0.1, 0.15) is 6.61 Å². The molecule has 0 amide bonds. The van der Waals surface area contributed by atoms with Gasteiger partial charge in [-0.05, 0) is 31.9 Å². The van der Waals surface area contributed by atoms with E-state index < -0.39 is 6.10 Å². The highest BCUT2D eigenvalue weighted by Crippen LogP contribution is 2.32. The lowest BCUT2D eigenvalue weighted by atomic mass is 10.1. The Balaban J connectivity index is 1.95. The fraction of sp³-hybridized carbons (Fsp3) is 0.429. The largest absolute Gasteiger partial charge is 0.486 e. The summed E-state index contributed by atoms with van der Waals surface area (Å²) in [6.45, 7) is 6.18. The smallest absolute Gasteiger partial charge is 0.161 e. The van der Waals surface area contributed by atoms with Crippen LogP contribution in [0.5, 0.6) is 11.5 Å². The Morgan fingerprint density at radius 3 is 2.88 bits per heavy atom. The minimum Gasteiger partial charge on any atom is -0.486 e. The molecule has 1 heterocycles. The summed E-state index contributed by atoms with van der Waals surface area (Å²) < 4.78 is 11.3. The first-order chi connectivity index (χ1) is 8.16. The normalized spacial score (nSPS) is 19.8. The van der Waals surface area contributed by atoms with Gasteiger partial charge in [-0.25, -0.2) is 0 Å². The lowest BCUT2D eigenvalue weighted by Gasteiger charge is -2.29. The highest BCUT2D eigenvalue weighted by Gasteiger charge is 2.26. The lowest BCUT2D eigenvalue weighted by molar-refractivity contribution is -0.0133. The first kappa shape index (κ1) is 12.0. The minimum absolute atomic E-state index is 0.288. The van der Waals surface area contributed by atoms with Gasteiger partial charge in [0.2, 0.25) is 0 Å². The molecular weight excluding hydrogens is 216 g/mol. The van der Waals surface area contributed by atoms with Gasteiger partial charge in [0, 0.05) is 0 Å². The number of hydrogen-bond donors (Lipinski definition) is 1. The number of aliphatic hydroxyl groups excluding tert-OH is 1. The second kappa shape index (κ2) is 5.23. The van der Waals surface area contributed by atoms with E-state index in [-0.39, 0.29) is 6.10 Å². The third-order valence-electron chi connectivity index (χ3n) is 2.83. The fourth-order valence-corrected chi connectivity index (χ4v) is 1.81. The first-order valence-electron chi connectivity index (χ1n) is 5.88. The maximum absolute atomic E-state index is 10.0. The van der Waals surface area contributed by atoms with E-state index in [0.29, 0.717) is 18.8 Å². The minimum atomic E-state index is -0.514. The van der Waals surface area contributed by atoms with Gasteiger partial charge >= 0.3 is 0 Å². The van der Waals surface area contributed by atoms with Gasteiger partial charge in [-0.1, -0.05) is 17.7 Å². The Kier molecular flexibility index (Phi) is 3.69. The number of allylic oxidation sites excluding steroid dienone is 1. The van der Waals surface area contributed by atoms with Crippen LogP contribution in [0.4, 0.5) is 0 Å². The Bertz CT molecular complexity index is 400. The monoisotopic (exact) mass is 234 g/mol. The summed E-state index contributed by atoms with van der Waals surface area (Å²) in [5, 5.41) is 10.0. The van der Waals surface area contributed by atoms with Crippen LogP contribution in [0.3, 0.4) is 0 Å². The summed E-state index contributed by atoms with van der Waals surface area (Å²) in [6.07, 6.45) is 0.665. The van der Waals surface area contributed by atoms with Crippen LogP contribution >= 0.6 is 0 Å². The quantitative estimate of drug-likeness (QED) is 0.814. The van der Waals surface area contributed by atoms with Gasteiger partial charge < -0.3 is 14.6 Å². The van der Waals surface area contributed by atoms with Crippen LogP contribution in [0, 0.1) is 0 Å². The second-order valence-electron chi connectivity index (χ2n) is 4.48. The molecule has 2 unspecified atom stereocenters. The average molecular weight is 234 g/mol. The number of ether oxygens (including phenoxy) is 2. The van der Waals surface area contributed by atoms with Crippen molar-refractivity contribution in [3.05, 3.63) is 36.4 Å². The molecule has 0 spiro atoms. The fourth-order valence-electron chi connectivity index (χ4n) is 1.81. The molecule has 0 fully saturated rings. The van der Waals surface area contributed by atoms with Crippen molar-refractivity contribution in [1.82, 2.24) is 0 Å². The molecule has 0 saturated carbocycles. The van der Waals surface area contributed by atoms with Crippen molar-refractivity contribution in [2.45, 2.75) is 32.0 Å². The molecule has 1 aromatic rings. The standard InChI is InChI=1S/C14H18O3/c1-10(2)7-8-11(15)14-9-16-12-5-3-4-6-13(12)17-14/h3-6,11,14-15H,1,7-9H2,2H3. The number of aliphatic hydroxyl groups is 1. The third kappa shape index (κ3) is 3.01. The molecule has 0 bridgehead atoms. The van der Waals surface area contributed by atoms with E-state index in [4.69, 9.17) is 9.47 Å². The second-order valence-corrected chi connectivity index (χ2v) is 4.48. The van der Waals surface area contributed by atoms with Crippen molar-refractivity contribution in [1.29, 1.82) is 0 Å². The van der Waals surface area contributed by atoms with Crippen molar-refractivity contribution >= 4 is 0 Å². The molecule has 0 saturated heterocycles. The lowest BCUT2D eigenvalue weighted by Crippen LogP contribution is -2.39. The van der Waals surface area contributed by atoms with E-state index in [1.165, 1.54) is 0 Å².